The van der Waals surface area contributed by atoms with E-state index in [9.17, 15) is 56.2 Å². The van der Waals surface area contributed by atoms with Crippen LogP contribution in [0.3, 0.4) is 0 Å². The van der Waals surface area contributed by atoms with Gasteiger partial charge in [-0.15, -0.1) is 0 Å². The van der Waals surface area contributed by atoms with Crippen molar-refractivity contribution in [2.24, 2.45) is 0 Å². The maximum absolute atomic E-state index is 11.6. The Morgan fingerprint density at radius 3 is 1.62 bits per heavy atom. The number of hydrogen-bond donors (Lipinski definition) is 11. The van der Waals surface area contributed by atoms with E-state index < -0.39 is 104 Å². The highest BCUT2D eigenvalue weighted by atomic mass is 16.6. The molecule has 14 heteroatoms. The van der Waals surface area contributed by atoms with E-state index in [4.69, 9.17) is 14.2 Å². The fraction of sp³-hybridized carbons (Fsp3) is 1.00. The second-order valence-electron chi connectivity index (χ2n) is 8.63. The Hall–Kier alpha value is -0.560. The third kappa shape index (κ3) is 3.97. The quantitative estimate of drug-likeness (QED) is 0.182. The number of aliphatic hydroxyl groups excluding tert-OH is 10. The summed E-state index contributed by atoms with van der Waals surface area (Å²) in [4.78, 5) is 0. The van der Waals surface area contributed by atoms with E-state index in [0.717, 1.165) is 0 Å². The fourth-order valence-corrected chi connectivity index (χ4v) is 4.65. The van der Waals surface area contributed by atoms with Crippen LogP contribution in [0.1, 0.15) is 6.92 Å². The molecule has 0 aromatic rings. The Morgan fingerprint density at radius 2 is 1.09 bits per heavy atom. The third-order valence-corrected chi connectivity index (χ3v) is 6.67. The van der Waals surface area contributed by atoms with Gasteiger partial charge in [-0.3, -0.25) is 0 Å². The minimum atomic E-state index is -2.84. The summed E-state index contributed by atoms with van der Waals surface area (Å²) in [6.07, 6.45) is -24.9. The summed E-state index contributed by atoms with van der Waals surface area (Å²) >= 11 is 0. The average Bonchev–Trinajstić information content (AvgIpc) is 2.77. The molecule has 3 saturated heterocycles. The third-order valence-electron chi connectivity index (χ3n) is 6.67. The van der Waals surface area contributed by atoms with Crippen molar-refractivity contribution in [3.8, 4) is 0 Å². The predicted octanol–water partition coefficient (Wildman–Crippen LogP) is -7.09. The van der Waals surface area contributed by atoms with Crippen LogP contribution in [0.2, 0.25) is 0 Å². The van der Waals surface area contributed by atoms with Crippen LogP contribution < -0.4 is 0 Å². The first-order valence-electron chi connectivity index (χ1n) is 10.3. The average molecular weight is 472 g/mol. The van der Waals surface area contributed by atoms with Gasteiger partial charge in [0.05, 0.1) is 19.3 Å². The monoisotopic (exact) mass is 472 g/mol. The van der Waals surface area contributed by atoms with Crippen LogP contribution in [0.15, 0.2) is 0 Å². The Morgan fingerprint density at radius 1 is 0.594 bits per heavy atom. The standard InChI is InChI=1S/C18H32O14/c1-4-7(21)15(28)18(29,16-13(27)11(25)9(23)6(3-20)32-16)17(30-4)14-12(26)10(24)8(22)5(2-19)31-14/h4-17,19-29H,2-3H2,1H3/t4-,5-,6-,7-,8-,9-,10+,11+,12-,13-,14?,15+,16+,17?,18-/m1/s1. The molecule has 15 atom stereocenters. The van der Waals surface area contributed by atoms with Crippen molar-refractivity contribution in [2.75, 3.05) is 13.2 Å². The first-order chi connectivity index (χ1) is 14.9. The molecule has 0 spiro atoms. The van der Waals surface area contributed by atoms with E-state index in [0.29, 0.717) is 0 Å². The van der Waals surface area contributed by atoms with Gasteiger partial charge in [-0.25, -0.2) is 0 Å². The molecule has 14 nitrogen and oxygen atoms in total. The SMILES string of the molecule is C[C@H]1OC(C2O[C@H](CO)[C@@H](O)[C@H](O)[C@H]2O)[C@](O)([C@H]2O[C@H](CO)[C@@H](O)[C@H](O)[C@H]2O)[C@@H](O)[C@@H]1O. The highest BCUT2D eigenvalue weighted by molar-refractivity contribution is 5.15. The van der Waals surface area contributed by atoms with Gasteiger partial charge in [0.1, 0.15) is 79.4 Å². The van der Waals surface area contributed by atoms with Crippen LogP contribution in [0.4, 0.5) is 0 Å². The summed E-state index contributed by atoms with van der Waals surface area (Å²) in [7, 11) is 0. The maximum atomic E-state index is 11.6. The van der Waals surface area contributed by atoms with Gasteiger partial charge in [0.15, 0.2) is 5.60 Å². The molecule has 0 aromatic heterocycles. The second-order valence-corrected chi connectivity index (χ2v) is 8.63. The number of ether oxygens (including phenoxy) is 3. The minimum Gasteiger partial charge on any atom is -0.394 e. The highest BCUT2D eigenvalue weighted by Gasteiger charge is 2.67. The number of hydrogen-bond acceptors (Lipinski definition) is 14. The smallest absolute Gasteiger partial charge is 0.150 e. The van der Waals surface area contributed by atoms with Gasteiger partial charge >= 0.3 is 0 Å². The molecule has 0 bridgehead atoms. The zero-order valence-corrected chi connectivity index (χ0v) is 17.1. The summed E-state index contributed by atoms with van der Waals surface area (Å²) in [6.45, 7) is -0.330. The Kier molecular flexibility index (Phi) is 7.81. The van der Waals surface area contributed by atoms with Crippen molar-refractivity contribution in [1.29, 1.82) is 0 Å². The number of aliphatic hydroxyl groups is 11. The highest BCUT2D eigenvalue weighted by Crippen LogP contribution is 2.42. The van der Waals surface area contributed by atoms with Crippen molar-refractivity contribution >= 4 is 0 Å². The Bertz CT molecular complexity index is 635. The van der Waals surface area contributed by atoms with Gasteiger partial charge in [-0.1, -0.05) is 0 Å². The molecule has 0 radical (unpaired) electrons. The molecular weight excluding hydrogens is 440 g/mol. The van der Waals surface area contributed by atoms with Crippen molar-refractivity contribution in [3.63, 3.8) is 0 Å². The van der Waals surface area contributed by atoms with Gasteiger partial charge in [0.2, 0.25) is 0 Å². The Labute approximate surface area is 182 Å². The van der Waals surface area contributed by atoms with Gasteiger partial charge in [-0.2, -0.15) is 0 Å². The molecule has 0 saturated carbocycles. The molecule has 3 aliphatic rings. The van der Waals surface area contributed by atoms with E-state index in [1.165, 1.54) is 6.92 Å². The van der Waals surface area contributed by atoms with Crippen molar-refractivity contribution in [1.82, 2.24) is 0 Å². The summed E-state index contributed by atoms with van der Waals surface area (Å²) in [5.74, 6) is 0. The molecule has 3 aliphatic heterocycles. The van der Waals surface area contributed by atoms with Crippen LogP contribution in [0.5, 0.6) is 0 Å². The molecule has 11 N–H and O–H groups in total. The summed E-state index contributed by atoms with van der Waals surface area (Å²) in [6, 6.07) is 0. The lowest BCUT2D eigenvalue weighted by atomic mass is 9.71. The van der Waals surface area contributed by atoms with E-state index in [2.05, 4.69) is 0 Å². The lowest BCUT2D eigenvalue weighted by Gasteiger charge is -2.57. The minimum absolute atomic E-state index is 0.798. The summed E-state index contributed by atoms with van der Waals surface area (Å²) < 4.78 is 16.4. The van der Waals surface area contributed by atoms with Crippen molar-refractivity contribution < 1.29 is 70.4 Å². The van der Waals surface area contributed by atoms with Crippen molar-refractivity contribution in [3.05, 3.63) is 0 Å². The van der Waals surface area contributed by atoms with E-state index >= 15 is 0 Å². The molecule has 2 unspecified atom stereocenters. The number of rotatable bonds is 4. The van der Waals surface area contributed by atoms with Gasteiger partial charge in [0, 0.05) is 0 Å². The maximum Gasteiger partial charge on any atom is 0.150 e. The van der Waals surface area contributed by atoms with Gasteiger partial charge < -0.3 is 70.4 Å². The molecule has 0 aliphatic carbocycles. The predicted molar refractivity (Wildman–Crippen MR) is 98.8 cm³/mol. The summed E-state index contributed by atoms with van der Waals surface area (Å²) in [5.41, 5.74) is -2.84. The fourth-order valence-electron chi connectivity index (χ4n) is 4.65. The van der Waals surface area contributed by atoms with Crippen LogP contribution in [-0.4, -0.2) is 160 Å². The zero-order chi connectivity index (χ0) is 24.1. The van der Waals surface area contributed by atoms with Crippen LogP contribution in [-0.2, 0) is 14.2 Å². The zero-order valence-electron chi connectivity index (χ0n) is 17.1. The van der Waals surface area contributed by atoms with E-state index in [1.807, 2.05) is 0 Å². The van der Waals surface area contributed by atoms with E-state index in [-0.39, 0.29) is 0 Å². The lowest BCUT2D eigenvalue weighted by molar-refractivity contribution is -0.367. The molecule has 0 aromatic carbocycles. The topological polar surface area (TPSA) is 250 Å². The first kappa shape index (κ1) is 26.1. The van der Waals surface area contributed by atoms with Gasteiger partial charge in [-0.05, 0) is 6.92 Å². The van der Waals surface area contributed by atoms with Crippen LogP contribution in [0, 0.1) is 0 Å². The second kappa shape index (κ2) is 9.59. The molecule has 0 amide bonds. The lowest BCUT2D eigenvalue weighted by Crippen LogP contribution is -2.79. The largest absolute Gasteiger partial charge is 0.394 e. The Balaban J connectivity index is 2.05. The van der Waals surface area contributed by atoms with Crippen LogP contribution >= 0.6 is 0 Å². The van der Waals surface area contributed by atoms with Crippen molar-refractivity contribution in [2.45, 2.75) is 98.0 Å². The van der Waals surface area contributed by atoms with Crippen LogP contribution in [0.25, 0.3) is 0 Å². The molecule has 32 heavy (non-hydrogen) atoms. The molecule has 3 fully saturated rings. The molecule has 3 rings (SSSR count). The first-order valence-corrected chi connectivity index (χ1v) is 10.3. The molecular formula is C18H32O14. The summed E-state index contributed by atoms with van der Waals surface area (Å²) in [5, 5.41) is 113. The van der Waals surface area contributed by atoms with E-state index in [1.54, 1.807) is 0 Å². The van der Waals surface area contributed by atoms with Gasteiger partial charge in [0.25, 0.3) is 0 Å². The molecule has 3 heterocycles. The normalized spacial score (nSPS) is 57.4. The molecule has 188 valence electrons.